The third kappa shape index (κ3) is 1.93. The van der Waals surface area contributed by atoms with E-state index in [1.807, 2.05) is 0 Å². The van der Waals surface area contributed by atoms with Crippen LogP contribution in [0.5, 0.6) is 0 Å². The van der Waals surface area contributed by atoms with Crippen LogP contribution in [0.15, 0.2) is 18.2 Å². The van der Waals surface area contributed by atoms with Crippen LogP contribution >= 0.6 is 0 Å². The zero-order chi connectivity index (χ0) is 11.8. The number of hydrogen-bond acceptors (Lipinski definition) is 3. The van der Waals surface area contributed by atoms with E-state index >= 15 is 0 Å². The lowest BCUT2D eigenvalue weighted by Gasteiger charge is -2.26. The van der Waals surface area contributed by atoms with Crippen molar-refractivity contribution in [2.24, 2.45) is 5.73 Å². The van der Waals surface area contributed by atoms with E-state index in [2.05, 4.69) is 36.9 Å². The van der Waals surface area contributed by atoms with E-state index in [1.165, 1.54) is 16.8 Å². The van der Waals surface area contributed by atoms with Crippen LogP contribution in [0.2, 0.25) is 0 Å². The summed E-state index contributed by atoms with van der Waals surface area (Å²) in [7, 11) is 0. The third-order valence-electron chi connectivity index (χ3n) is 3.46. The minimum absolute atomic E-state index is 0.0639. The summed E-state index contributed by atoms with van der Waals surface area (Å²) in [5.41, 5.74) is 9.51. The van der Waals surface area contributed by atoms with Crippen LogP contribution in [-0.2, 0) is 0 Å². The predicted octanol–water partition coefficient (Wildman–Crippen LogP) is 1.20. The Morgan fingerprint density at radius 2 is 2.00 bits per heavy atom. The average molecular weight is 220 g/mol. The molecule has 0 saturated carbocycles. The third-order valence-corrected chi connectivity index (χ3v) is 3.46. The summed E-state index contributed by atoms with van der Waals surface area (Å²) in [5.74, 6) is 0. The van der Waals surface area contributed by atoms with E-state index < -0.39 is 5.54 Å². The van der Waals surface area contributed by atoms with Crippen molar-refractivity contribution in [3.05, 3.63) is 29.3 Å². The van der Waals surface area contributed by atoms with Gasteiger partial charge in [-0.3, -0.25) is 0 Å². The van der Waals surface area contributed by atoms with Crippen molar-refractivity contribution in [2.75, 3.05) is 24.6 Å². The van der Waals surface area contributed by atoms with Gasteiger partial charge in [0.25, 0.3) is 0 Å². The topological polar surface area (TPSA) is 49.5 Å². The summed E-state index contributed by atoms with van der Waals surface area (Å²) in [4.78, 5) is 2.29. The SMILES string of the molecule is Cc1cccc(C)c1N1CCC(N)(CO)C1. The second-order valence-electron chi connectivity index (χ2n) is 4.93. The maximum atomic E-state index is 9.28. The van der Waals surface area contributed by atoms with Crippen molar-refractivity contribution in [3.8, 4) is 0 Å². The number of aliphatic hydroxyl groups is 1. The number of aliphatic hydroxyl groups excluding tert-OH is 1. The van der Waals surface area contributed by atoms with Crippen LogP contribution in [0.4, 0.5) is 5.69 Å². The van der Waals surface area contributed by atoms with Crippen LogP contribution in [0.3, 0.4) is 0 Å². The van der Waals surface area contributed by atoms with Gasteiger partial charge in [0.15, 0.2) is 0 Å². The van der Waals surface area contributed by atoms with Crippen LogP contribution < -0.4 is 10.6 Å². The Morgan fingerprint density at radius 1 is 1.38 bits per heavy atom. The first-order valence-electron chi connectivity index (χ1n) is 5.77. The van der Waals surface area contributed by atoms with Gasteiger partial charge >= 0.3 is 0 Å². The van der Waals surface area contributed by atoms with Crippen LogP contribution in [-0.4, -0.2) is 30.3 Å². The molecule has 0 spiro atoms. The van der Waals surface area contributed by atoms with E-state index in [4.69, 9.17) is 5.73 Å². The molecule has 1 aromatic rings. The highest BCUT2D eigenvalue weighted by Gasteiger charge is 2.34. The fourth-order valence-electron chi connectivity index (χ4n) is 2.52. The van der Waals surface area contributed by atoms with Gasteiger partial charge in [0.05, 0.1) is 12.1 Å². The Kier molecular flexibility index (Phi) is 2.91. The van der Waals surface area contributed by atoms with Gasteiger partial charge in [0.1, 0.15) is 0 Å². The second-order valence-corrected chi connectivity index (χ2v) is 4.93. The summed E-state index contributed by atoms with van der Waals surface area (Å²) >= 11 is 0. The number of hydrogen-bond donors (Lipinski definition) is 2. The quantitative estimate of drug-likeness (QED) is 0.787. The van der Waals surface area contributed by atoms with Gasteiger partial charge in [-0.1, -0.05) is 18.2 Å². The molecular formula is C13H20N2O. The molecule has 0 aliphatic carbocycles. The number of para-hydroxylation sites is 1. The average Bonchev–Trinajstić information content (AvgIpc) is 2.62. The van der Waals surface area contributed by atoms with Crippen molar-refractivity contribution in [1.82, 2.24) is 0 Å². The summed E-state index contributed by atoms with van der Waals surface area (Å²) in [6, 6.07) is 6.32. The molecule has 1 aliphatic heterocycles. The Bertz CT molecular complexity index is 371. The first kappa shape index (κ1) is 11.4. The molecule has 3 heteroatoms. The molecule has 2 rings (SSSR count). The van der Waals surface area contributed by atoms with E-state index in [-0.39, 0.29) is 6.61 Å². The monoisotopic (exact) mass is 220 g/mol. The first-order chi connectivity index (χ1) is 7.56. The summed E-state index contributed by atoms with van der Waals surface area (Å²) in [6.45, 7) is 5.99. The van der Waals surface area contributed by atoms with Gasteiger partial charge in [-0.05, 0) is 31.4 Å². The number of nitrogens with zero attached hydrogens (tertiary/aromatic N) is 1. The molecule has 1 aliphatic rings. The van der Waals surface area contributed by atoms with E-state index in [1.54, 1.807) is 0 Å². The number of rotatable bonds is 2. The molecule has 1 unspecified atom stereocenters. The highest BCUT2D eigenvalue weighted by atomic mass is 16.3. The number of aryl methyl sites for hydroxylation is 2. The molecular weight excluding hydrogens is 200 g/mol. The second kappa shape index (κ2) is 4.07. The van der Waals surface area contributed by atoms with E-state index in [0.717, 1.165) is 19.5 Å². The fourth-order valence-corrected chi connectivity index (χ4v) is 2.52. The molecule has 0 radical (unpaired) electrons. The summed E-state index contributed by atoms with van der Waals surface area (Å²) in [5, 5.41) is 9.28. The molecule has 88 valence electrons. The predicted molar refractivity (Wildman–Crippen MR) is 66.8 cm³/mol. The molecule has 1 heterocycles. The molecule has 0 aromatic heterocycles. The number of anilines is 1. The van der Waals surface area contributed by atoms with Gasteiger partial charge in [0.2, 0.25) is 0 Å². The smallest absolute Gasteiger partial charge is 0.0629 e. The summed E-state index contributed by atoms with van der Waals surface area (Å²) in [6.07, 6.45) is 0.858. The van der Waals surface area contributed by atoms with E-state index in [9.17, 15) is 5.11 Å². The largest absolute Gasteiger partial charge is 0.394 e. The Labute approximate surface area is 96.9 Å². The van der Waals surface area contributed by atoms with Crippen molar-refractivity contribution in [3.63, 3.8) is 0 Å². The lowest BCUT2D eigenvalue weighted by atomic mass is 10.0. The maximum Gasteiger partial charge on any atom is 0.0629 e. The normalized spacial score (nSPS) is 25.1. The van der Waals surface area contributed by atoms with Crippen LogP contribution in [0.1, 0.15) is 17.5 Å². The van der Waals surface area contributed by atoms with Crippen molar-refractivity contribution < 1.29 is 5.11 Å². The Balaban J connectivity index is 2.27. The molecule has 1 aromatic carbocycles. The highest BCUT2D eigenvalue weighted by Crippen LogP contribution is 2.30. The highest BCUT2D eigenvalue weighted by molar-refractivity contribution is 5.60. The molecule has 1 fully saturated rings. The molecule has 0 bridgehead atoms. The van der Waals surface area contributed by atoms with Crippen LogP contribution in [0.25, 0.3) is 0 Å². The first-order valence-corrected chi connectivity index (χ1v) is 5.77. The zero-order valence-corrected chi connectivity index (χ0v) is 10.0. The maximum absolute atomic E-state index is 9.28. The molecule has 1 saturated heterocycles. The molecule has 1 atom stereocenters. The Hall–Kier alpha value is -1.06. The number of nitrogens with two attached hydrogens (primary N) is 1. The number of benzene rings is 1. The molecule has 16 heavy (non-hydrogen) atoms. The molecule has 3 N–H and O–H groups in total. The minimum atomic E-state index is -0.422. The standard InChI is InChI=1S/C13H20N2O/c1-10-4-3-5-11(2)12(10)15-7-6-13(14,8-15)9-16/h3-5,16H,6-9,14H2,1-2H3. The lowest BCUT2D eigenvalue weighted by Crippen LogP contribution is -2.46. The van der Waals surface area contributed by atoms with Crippen LogP contribution in [0, 0.1) is 13.8 Å². The van der Waals surface area contributed by atoms with Crippen molar-refractivity contribution >= 4 is 5.69 Å². The van der Waals surface area contributed by atoms with Gasteiger partial charge in [-0.25, -0.2) is 0 Å². The van der Waals surface area contributed by atoms with Gasteiger partial charge < -0.3 is 15.7 Å². The molecule has 3 nitrogen and oxygen atoms in total. The van der Waals surface area contributed by atoms with E-state index in [0.29, 0.717) is 0 Å². The van der Waals surface area contributed by atoms with Gasteiger partial charge in [0, 0.05) is 18.8 Å². The minimum Gasteiger partial charge on any atom is -0.394 e. The fraction of sp³-hybridized carbons (Fsp3) is 0.538. The lowest BCUT2D eigenvalue weighted by molar-refractivity contribution is 0.210. The van der Waals surface area contributed by atoms with Crippen molar-refractivity contribution in [1.29, 1.82) is 0 Å². The van der Waals surface area contributed by atoms with Gasteiger partial charge in [-0.2, -0.15) is 0 Å². The molecule has 0 amide bonds. The van der Waals surface area contributed by atoms with Crippen molar-refractivity contribution in [2.45, 2.75) is 25.8 Å². The Morgan fingerprint density at radius 3 is 2.50 bits per heavy atom. The van der Waals surface area contributed by atoms with Gasteiger partial charge in [-0.15, -0.1) is 0 Å². The zero-order valence-electron chi connectivity index (χ0n) is 10.0. The summed E-state index contributed by atoms with van der Waals surface area (Å²) < 4.78 is 0.